The smallest absolute Gasteiger partial charge is 0.252 e. The minimum atomic E-state index is -0.279. The molecule has 2 aromatic carbocycles. The predicted octanol–water partition coefficient (Wildman–Crippen LogP) is 5.13. The van der Waals surface area contributed by atoms with Gasteiger partial charge >= 0.3 is 0 Å². The molecule has 4 rings (SSSR count). The Morgan fingerprint density at radius 2 is 1.83 bits per heavy atom. The highest BCUT2D eigenvalue weighted by atomic mass is 16.5. The van der Waals surface area contributed by atoms with Crippen molar-refractivity contribution in [1.29, 1.82) is 0 Å². The molecule has 1 atom stereocenters. The summed E-state index contributed by atoms with van der Waals surface area (Å²) in [6.45, 7) is 11.5. The number of aromatic amines is 1. The molecule has 0 spiro atoms. The van der Waals surface area contributed by atoms with E-state index in [-0.39, 0.29) is 17.1 Å². The van der Waals surface area contributed by atoms with Gasteiger partial charge in [-0.15, -0.1) is 5.10 Å². The molecule has 8 nitrogen and oxygen atoms in total. The number of H-pyrrole nitrogens is 1. The summed E-state index contributed by atoms with van der Waals surface area (Å²) in [6, 6.07) is 16.0. The number of hydrogen-bond acceptors (Lipinski definition) is 6. The number of aryl methyl sites for hydroxylation is 1. The molecule has 2 heterocycles. The number of methoxy groups -OCH3 is 1. The van der Waals surface area contributed by atoms with Crippen molar-refractivity contribution in [2.75, 3.05) is 7.11 Å². The third-order valence-corrected chi connectivity index (χ3v) is 6.45. The highest BCUT2D eigenvalue weighted by Gasteiger charge is 2.30. The standard InChI is InChI=1S/C28H36N6O2/c1-7-10-24(26-30-31-32-34(26)28(3,4)5)33(17-20-11-8-9-12-25(20)36-6)18-22-16-21-15-19(2)13-14-23(21)29-27(22)35/h8-9,11-16,24H,7,10,17-18H2,1-6H3,(H,29,35)/t24-/m0/s1. The maximum absolute atomic E-state index is 13.2. The van der Waals surface area contributed by atoms with Crippen LogP contribution in [0.4, 0.5) is 0 Å². The average molecular weight is 489 g/mol. The van der Waals surface area contributed by atoms with Crippen molar-refractivity contribution in [3.8, 4) is 5.75 Å². The highest BCUT2D eigenvalue weighted by molar-refractivity contribution is 5.79. The first kappa shape index (κ1) is 25.6. The summed E-state index contributed by atoms with van der Waals surface area (Å²) in [5.41, 5.74) is 3.38. The van der Waals surface area contributed by atoms with E-state index in [0.717, 1.165) is 46.4 Å². The number of ether oxygens (including phenoxy) is 1. The van der Waals surface area contributed by atoms with Crippen LogP contribution in [0, 0.1) is 6.92 Å². The van der Waals surface area contributed by atoms with Crippen LogP contribution in [0.2, 0.25) is 0 Å². The quantitative estimate of drug-likeness (QED) is 0.351. The van der Waals surface area contributed by atoms with Gasteiger partial charge in [-0.25, -0.2) is 4.68 Å². The molecule has 8 heteroatoms. The summed E-state index contributed by atoms with van der Waals surface area (Å²) < 4.78 is 7.56. The predicted molar refractivity (Wildman–Crippen MR) is 142 cm³/mol. The van der Waals surface area contributed by atoms with Crippen LogP contribution in [-0.4, -0.2) is 37.2 Å². The summed E-state index contributed by atoms with van der Waals surface area (Å²) in [4.78, 5) is 18.5. The van der Waals surface area contributed by atoms with Gasteiger partial charge in [-0.05, 0) is 74.2 Å². The lowest BCUT2D eigenvalue weighted by atomic mass is 10.0. The fourth-order valence-corrected chi connectivity index (χ4v) is 4.66. The van der Waals surface area contributed by atoms with Gasteiger partial charge in [0.1, 0.15) is 5.75 Å². The third-order valence-electron chi connectivity index (χ3n) is 6.45. The van der Waals surface area contributed by atoms with E-state index in [4.69, 9.17) is 4.74 Å². The van der Waals surface area contributed by atoms with Gasteiger partial charge in [0.15, 0.2) is 5.82 Å². The van der Waals surface area contributed by atoms with E-state index < -0.39 is 0 Å². The Kier molecular flexibility index (Phi) is 7.54. The molecule has 0 aliphatic heterocycles. The van der Waals surface area contributed by atoms with Gasteiger partial charge in [0.05, 0.1) is 18.7 Å². The van der Waals surface area contributed by atoms with Crippen molar-refractivity contribution < 1.29 is 4.74 Å². The molecule has 0 saturated heterocycles. The minimum Gasteiger partial charge on any atom is -0.496 e. The first-order valence-electron chi connectivity index (χ1n) is 12.5. The molecule has 4 aromatic rings. The highest BCUT2D eigenvalue weighted by Crippen LogP contribution is 2.32. The molecular formula is C28H36N6O2. The zero-order valence-electron chi connectivity index (χ0n) is 22.1. The van der Waals surface area contributed by atoms with Gasteiger partial charge < -0.3 is 9.72 Å². The number of nitrogens with one attached hydrogen (secondary N) is 1. The molecule has 1 N–H and O–H groups in total. The number of hydrogen-bond donors (Lipinski definition) is 1. The Bertz CT molecular complexity index is 1380. The third kappa shape index (κ3) is 5.49. The molecule has 36 heavy (non-hydrogen) atoms. The monoisotopic (exact) mass is 488 g/mol. The largest absolute Gasteiger partial charge is 0.496 e. The van der Waals surface area contributed by atoms with E-state index >= 15 is 0 Å². The van der Waals surface area contributed by atoms with E-state index in [1.54, 1.807) is 7.11 Å². The summed E-state index contributed by atoms with van der Waals surface area (Å²) in [5.74, 6) is 1.61. The second-order valence-electron chi connectivity index (χ2n) is 10.4. The summed E-state index contributed by atoms with van der Waals surface area (Å²) in [5, 5.41) is 13.9. The molecule has 0 aliphatic rings. The molecule has 0 aliphatic carbocycles. The lowest BCUT2D eigenvalue weighted by Crippen LogP contribution is -2.35. The van der Waals surface area contributed by atoms with Crippen molar-refractivity contribution >= 4 is 10.9 Å². The van der Waals surface area contributed by atoms with Gasteiger partial charge in [0, 0.05) is 29.7 Å². The molecule has 190 valence electrons. The number of aromatic nitrogens is 5. The van der Waals surface area contributed by atoms with E-state index in [0.29, 0.717) is 18.7 Å². The number of tetrazole rings is 1. The van der Waals surface area contributed by atoms with Gasteiger partial charge in [-0.3, -0.25) is 9.69 Å². The van der Waals surface area contributed by atoms with Crippen LogP contribution < -0.4 is 10.3 Å². The fraction of sp³-hybridized carbons (Fsp3) is 0.429. The molecule has 2 aromatic heterocycles. The molecular weight excluding hydrogens is 452 g/mol. The van der Waals surface area contributed by atoms with Crippen LogP contribution in [0.3, 0.4) is 0 Å². The van der Waals surface area contributed by atoms with E-state index in [9.17, 15) is 4.79 Å². The Labute approximate surface area is 212 Å². The SMILES string of the molecule is CCC[C@@H](c1nnnn1C(C)(C)C)N(Cc1ccccc1OC)Cc1cc2cc(C)ccc2[nH]c1=O. The average Bonchev–Trinajstić information content (AvgIpc) is 3.33. The van der Waals surface area contributed by atoms with Crippen LogP contribution in [0.15, 0.2) is 53.3 Å². The lowest BCUT2D eigenvalue weighted by molar-refractivity contribution is 0.147. The zero-order chi connectivity index (χ0) is 25.9. The van der Waals surface area contributed by atoms with Crippen LogP contribution in [0.1, 0.15) is 69.1 Å². The molecule has 0 radical (unpaired) electrons. The molecule has 0 bridgehead atoms. The normalized spacial score (nSPS) is 12.9. The maximum atomic E-state index is 13.2. The summed E-state index contributed by atoms with van der Waals surface area (Å²) in [7, 11) is 1.68. The molecule has 0 amide bonds. The van der Waals surface area contributed by atoms with Crippen molar-refractivity contribution in [3.05, 3.63) is 81.4 Å². The van der Waals surface area contributed by atoms with Crippen molar-refractivity contribution in [1.82, 2.24) is 30.1 Å². The number of pyridine rings is 1. The summed E-state index contributed by atoms with van der Waals surface area (Å²) >= 11 is 0. The van der Waals surface area contributed by atoms with Crippen LogP contribution in [-0.2, 0) is 18.6 Å². The van der Waals surface area contributed by atoms with Gasteiger partial charge in [-0.1, -0.05) is 43.2 Å². The van der Waals surface area contributed by atoms with Crippen molar-refractivity contribution in [2.45, 2.75) is 72.1 Å². The van der Waals surface area contributed by atoms with Crippen molar-refractivity contribution in [2.24, 2.45) is 0 Å². The second-order valence-corrected chi connectivity index (χ2v) is 10.4. The van der Waals surface area contributed by atoms with E-state index in [2.05, 4.69) is 72.2 Å². The molecule has 0 unspecified atom stereocenters. The minimum absolute atomic E-state index is 0.0814. The van der Waals surface area contributed by atoms with E-state index in [1.165, 1.54) is 0 Å². The first-order chi connectivity index (χ1) is 17.2. The number of fused-ring (bicyclic) bond motifs is 1. The number of rotatable bonds is 9. The van der Waals surface area contributed by atoms with Crippen molar-refractivity contribution in [3.63, 3.8) is 0 Å². The van der Waals surface area contributed by atoms with Crippen LogP contribution in [0.5, 0.6) is 5.75 Å². The Morgan fingerprint density at radius 1 is 1.08 bits per heavy atom. The Hall–Kier alpha value is -3.52. The maximum Gasteiger partial charge on any atom is 0.252 e. The first-order valence-corrected chi connectivity index (χ1v) is 12.5. The van der Waals surface area contributed by atoms with Gasteiger partial charge in [-0.2, -0.15) is 0 Å². The number of para-hydroxylation sites is 1. The van der Waals surface area contributed by atoms with Crippen LogP contribution >= 0.6 is 0 Å². The number of benzene rings is 2. The van der Waals surface area contributed by atoms with Crippen LogP contribution in [0.25, 0.3) is 10.9 Å². The Morgan fingerprint density at radius 3 is 2.56 bits per heavy atom. The van der Waals surface area contributed by atoms with E-state index in [1.807, 2.05) is 41.1 Å². The second kappa shape index (κ2) is 10.6. The zero-order valence-corrected chi connectivity index (χ0v) is 22.1. The number of nitrogens with zero attached hydrogens (tertiary/aromatic N) is 5. The summed E-state index contributed by atoms with van der Waals surface area (Å²) in [6.07, 6.45) is 1.79. The fourth-order valence-electron chi connectivity index (χ4n) is 4.66. The van der Waals surface area contributed by atoms with Gasteiger partial charge in [0.2, 0.25) is 0 Å². The molecule has 0 saturated carbocycles. The van der Waals surface area contributed by atoms with Gasteiger partial charge in [0.25, 0.3) is 5.56 Å². The topological polar surface area (TPSA) is 88.9 Å². The molecule has 0 fully saturated rings. The Balaban J connectivity index is 1.82. The lowest BCUT2D eigenvalue weighted by Gasteiger charge is -2.33.